The van der Waals surface area contributed by atoms with Crippen LogP contribution in [0.1, 0.15) is 20.7 Å². The maximum Gasteiger partial charge on any atom is 0.338 e. The number of carbonyl (C=O) groups is 2. The number of ether oxygens (including phenoxy) is 2. The Hall–Kier alpha value is -3.19. The minimum absolute atomic E-state index is 0.0183. The summed E-state index contributed by atoms with van der Waals surface area (Å²) in [6.45, 7) is 7.04. The van der Waals surface area contributed by atoms with Gasteiger partial charge in [0.1, 0.15) is 13.2 Å². The van der Waals surface area contributed by atoms with Crippen molar-refractivity contribution in [3.8, 4) is 0 Å². The molecular weight excluding hydrogens is 368 g/mol. The Morgan fingerprint density at radius 1 is 0.741 bits per heavy atom. The van der Waals surface area contributed by atoms with Crippen LogP contribution in [0.4, 0.5) is 0 Å². The molecule has 7 heteroatoms. The second-order valence-corrected chi connectivity index (χ2v) is 7.28. The number of rotatable bonds is 8. The van der Waals surface area contributed by atoms with Crippen molar-refractivity contribution in [1.82, 2.24) is 0 Å². The lowest BCUT2D eigenvalue weighted by molar-refractivity contribution is 0.0540. The minimum Gasteiger partial charge on any atom is -0.458 e. The number of esters is 2. The van der Waals surface area contributed by atoms with E-state index in [0.717, 1.165) is 0 Å². The highest BCUT2D eigenvalue weighted by molar-refractivity contribution is 7.91. The number of hydrogen-bond donors (Lipinski definition) is 0. The first-order valence-electron chi connectivity index (χ1n) is 7.91. The van der Waals surface area contributed by atoms with Crippen molar-refractivity contribution in [2.24, 2.45) is 0 Å². The summed E-state index contributed by atoms with van der Waals surface area (Å²) in [6, 6.07) is 10.8. The second kappa shape index (κ2) is 8.95. The smallest absolute Gasteiger partial charge is 0.338 e. The fourth-order valence-electron chi connectivity index (χ4n) is 2.11. The molecule has 27 heavy (non-hydrogen) atoms. The zero-order chi connectivity index (χ0) is 19.9. The normalized spacial score (nSPS) is 10.7. The molecule has 0 atom stereocenters. The fraction of sp³-hybridized carbons (Fsp3) is 0.100. The molecular formula is C20H18O6S. The summed E-state index contributed by atoms with van der Waals surface area (Å²) in [7, 11) is -3.79. The van der Waals surface area contributed by atoms with Gasteiger partial charge >= 0.3 is 11.9 Å². The molecule has 2 rings (SSSR count). The van der Waals surface area contributed by atoms with E-state index in [0.29, 0.717) is 0 Å². The SMILES string of the molecule is C=CCOC(=O)c1ccc(S(=O)(=O)c2ccc(C(=O)OCC=C)cc2)cc1. The molecule has 2 aromatic carbocycles. The molecule has 0 fully saturated rings. The first-order valence-corrected chi connectivity index (χ1v) is 9.39. The van der Waals surface area contributed by atoms with Gasteiger partial charge in [-0.3, -0.25) is 0 Å². The van der Waals surface area contributed by atoms with Gasteiger partial charge in [-0.15, -0.1) is 0 Å². The molecule has 140 valence electrons. The van der Waals surface area contributed by atoms with Gasteiger partial charge in [-0.25, -0.2) is 18.0 Å². The molecule has 2 aromatic rings. The second-order valence-electron chi connectivity index (χ2n) is 5.33. The molecule has 0 heterocycles. The Bertz CT molecular complexity index is 867. The van der Waals surface area contributed by atoms with E-state index in [1.165, 1.54) is 60.7 Å². The zero-order valence-corrected chi connectivity index (χ0v) is 15.3. The van der Waals surface area contributed by atoms with Gasteiger partial charge in [0.05, 0.1) is 20.9 Å². The average molecular weight is 386 g/mol. The summed E-state index contributed by atoms with van der Waals surface area (Å²) in [6.07, 6.45) is 2.88. The first-order chi connectivity index (χ1) is 12.9. The van der Waals surface area contributed by atoms with E-state index in [-0.39, 0.29) is 34.1 Å². The van der Waals surface area contributed by atoms with E-state index in [1.807, 2.05) is 0 Å². The van der Waals surface area contributed by atoms with E-state index in [1.54, 1.807) is 0 Å². The average Bonchev–Trinajstić information content (AvgIpc) is 2.70. The van der Waals surface area contributed by atoms with E-state index in [2.05, 4.69) is 13.2 Å². The summed E-state index contributed by atoms with van der Waals surface area (Å²) in [5.74, 6) is -1.14. The van der Waals surface area contributed by atoms with Crippen LogP contribution in [0.3, 0.4) is 0 Å². The summed E-state index contributed by atoms with van der Waals surface area (Å²) in [4.78, 5) is 23.5. The number of benzene rings is 2. The van der Waals surface area contributed by atoms with Crippen LogP contribution in [0.25, 0.3) is 0 Å². The third-order valence-electron chi connectivity index (χ3n) is 3.47. The fourth-order valence-corrected chi connectivity index (χ4v) is 3.37. The lowest BCUT2D eigenvalue weighted by Gasteiger charge is -2.07. The highest BCUT2D eigenvalue weighted by atomic mass is 32.2. The lowest BCUT2D eigenvalue weighted by atomic mass is 10.2. The molecule has 0 saturated carbocycles. The van der Waals surface area contributed by atoms with E-state index >= 15 is 0 Å². The quantitative estimate of drug-likeness (QED) is 0.511. The maximum absolute atomic E-state index is 12.7. The van der Waals surface area contributed by atoms with Gasteiger partial charge in [0.25, 0.3) is 0 Å². The highest BCUT2D eigenvalue weighted by Crippen LogP contribution is 2.22. The summed E-state index contributed by atoms with van der Waals surface area (Å²) in [5, 5.41) is 0. The number of sulfone groups is 1. The largest absolute Gasteiger partial charge is 0.458 e. The van der Waals surface area contributed by atoms with Crippen LogP contribution in [0.5, 0.6) is 0 Å². The van der Waals surface area contributed by atoms with E-state index in [9.17, 15) is 18.0 Å². The van der Waals surface area contributed by atoms with Crippen molar-refractivity contribution >= 4 is 21.8 Å². The molecule has 0 amide bonds. The standard InChI is InChI=1S/C20H18O6S/c1-3-13-25-19(21)15-5-9-17(10-6-15)27(23,24)18-11-7-16(8-12-18)20(22)26-14-4-2/h3-12H,1-2,13-14H2. The molecule has 6 nitrogen and oxygen atoms in total. The van der Waals surface area contributed by atoms with Crippen molar-refractivity contribution in [2.75, 3.05) is 13.2 Å². The van der Waals surface area contributed by atoms with Crippen LogP contribution in [0, 0.1) is 0 Å². The Balaban J connectivity index is 2.20. The van der Waals surface area contributed by atoms with Crippen molar-refractivity contribution in [3.05, 3.63) is 85.0 Å². The van der Waals surface area contributed by atoms with Gasteiger partial charge in [0.15, 0.2) is 0 Å². The number of carbonyl (C=O) groups excluding carboxylic acids is 2. The molecule has 0 radical (unpaired) electrons. The van der Waals surface area contributed by atoms with Gasteiger partial charge in [-0.05, 0) is 48.5 Å². The van der Waals surface area contributed by atoms with Crippen LogP contribution in [0.2, 0.25) is 0 Å². The van der Waals surface area contributed by atoms with Crippen LogP contribution in [-0.2, 0) is 19.3 Å². The van der Waals surface area contributed by atoms with Crippen molar-refractivity contribution in [2.45, 2.75) is 9.79 Å². The summed E-state index contributed by atoms with van der Waals surface area (Å²) >= 11 is 0. The molecule has 0 aromatic heterocycles. The van der Waals surface area contributed by atoms with Crippen molar-refractivity contribution < 1.29 is 27.5 Å². The lowest BCUT2D eigenvalue weighted by Crippen LogP contribution is -2.08. The predicted octanol–water partition coefficient (Wildman–Crippen LogP) is 3.21. The Morgan fingerprint density at radius 2 is 1.07 bits per heavy atom. The zero-order valence-electron chi connectivity index (χ0n) is 14.5. The van der Waals surface area contributed by atoms with Gasteiger partial charge in [0.2, 0.25) is 9.84 Å². The van der Waals surface area contributed by atoms with Crippen LogP contribution < -0.4 is 0 Å². The topological polar surface area (TPSA) is 86.7 Å². The predicted molar refractivity (Wildman–Crippen MR) is 99.3 cm³/mol. The van der Waals surface area contributed by atoms with Crippen LogP contribution in [-0.4, -0.2) is 33.6 Å². The van der Waals surface area contributed by atoms with Gasteiger partial charge in [-0.1, -0.05) is 25.3 Å². The molecule has 0 unspecified atom stereocenters. The van der Waals surface area contributed by atoms with Crippen LogP contribution >= 0.6 is 0 Å². The molecule has 0 bridgehead atoms. The van der Waals surface area contributed by atoms with Gasteiger partial charge < -0.3 is 9.47 Å². The minimum atomic E-state index is -3.79. The Morgan fingerprint density at radius 3 is 1.37 bits per heavy atom. The third-order valence-corrected chi connectivity index (χ3v) is 5.25. The molecule has 0 aliphatic heterocycles. The Labute approximate surface area is 157 Å². The molecule has 0 spiro atoms. The monoisotopic (exact) mass is 386 g/mol. The van der Waals surface area contributed by atoms with Gasteiger partial charge in [-0.2, -0.15) is 0 Å². The van der Waals surface area contributed by atoms with Crippen molar-refractivity contribution in [3.63, 3.8) is 0 Å². The number of hydrogen-bond acceptors (Lipinski definition) is 6. The molecule has 0 saturated heterocycles. The molecule has 0 aliphatic carbocycles. The third kappa shape index (κ3) is 4.92. The highest BCUT2D eigenvalue weighted by Gasteiger charge is 2.19. The first kappa shape index (κ1) is 20.1. The Kier molecular flexibility index (Phi) is 6.67. The summed E-state index contributed by atoms with van der Waals surface area (Å²) in [5.41, 5.74) is 0.465. The van der Waals surface area contributed by atoms with Crippen LogP contribution in [0.15, 0.2) is 83.6 Å². The maximum atomic E-state index is 12.7. The molecule has 0 aliphatic rings. The van der Waals surface area contributed by atoms with E-state index in [4.69, 9.17) is 9.47 Å². The molecule has 0 N–H and O–H groups in total. The summed E-state index contributed by atoms with van der Waals surface area (Å²) < 4.78 is 35.2. The van der Waals surface area contributed by atoms with Crippen molar-refractivity contribution in [1.29, 1.82) is 0 Å². The van der Waals surface area contributed by atoms with E-state index < -0.39 is 21.8 Å². The van der Waals surface area contributed by atoms with Gasteiger partial charge in [0, 0.05) is 0 Å².